The van der Waals surface area contributed by atoms with E-state index in [1.165, 1.54) is 18.2 Å². The SMILES string of the molecule is COc1ccccc1COc1cc(N)ccc1C(=O)O. The standard InChI is InChI=1S/C15H15NO4/c1-19-13-5-3-2-4-10(13)9-20-14-8-11(16)6-7-12(14)15(17)18/h2-8H,9,16H2,1H3,(H,17,18). The van der Waals surface area contributed by atoms with Gasteiger partial charge in [-0.05, 0) is 18.2 Å². The van der Waals surface area contributed by atoms with Crippen LogP contribution in [0.4, 0.5) is 5.69 Å². The summed E-state index contributed by atoms with van der Waals surface area (Å²) in [5.74, 6) is -0.128. The third-order valence-electron chi connectivity index (χ3n) is 2.81. The lowest BCUT2D eigenvalue weighted by atomic mass is 10.1. The topological polar surface area (TPSA) is 81.8 Å². The van der Waals surface area contributed by atoms with Crippen LogP contribution in [-0.4, -0.2) is 18.2 Å². The fourth-order valence-electron chi connectivity index (χ4n) is 1.81. The second-order valence-electron chi connectivity index (χ2n) is 4.16. The van der Waals surface area contributed by atoms with Crippen LogP contribution in [0.3, 0.4) is 0 Å². The van der Waals surface area contributed by atoms with Crippen molar-refractivity contribution in [3.63, 3.8) is 0 Å². The summed E-state index contributed by atoms with van der Waals surface area (Å²) in [7, 11) is 1.57. The number of anilines is 1. The zero-order chi connectivity index (χ0) is 14.5. The maximum absolute atomic E-state index is 11.1. The molecule has 104 valence electrons. The monoisotopic (exact) mass is 273 g/mol. The first-order valence-corrected chi connectivity index (χ1v) is 5.99. The van der Waals surface area contributed by atoms with Crippen LogP contribution >= 0.6 is 0 Å². The van der Waals surface area contributed by atoms with Crippen molar-refractivity contribution in [3.05, 3.63) is 53.6 Å². The van der Waals surface area contributed by atoms with Crippen LogP contribution < -0.4 is 15.2 Å². The molecule has 0 amide bonds. The highest BCUT2D eigenvalue weighted by molar-refractivity contribution is 5.91. The van der Waals surface area contributed by atoms with Crippen LogP contribution in [0.15, 0.2) is 42.5 Å². The van der Waals surface area contributed by atoms with Crippen molar-refractivity contribution in [2.75, 3.05) is 12.8 Å². The van der Waals surface area contributed by atoms with E-state index in [1.54, 1.807) is 7.11 Å². The maximum Gasteiger partial charge on any atom is 0.339 e. The number of aromatic carboxylic acids is 1. The van der Waals surface area contributed by atoms with Gasteiger partial charge in [-0.3, -0.25) is 0 Å². The zero-order valence-electron chi connectivity index (χ0n) is 11.0. The molecule has 0 unspecified atom stereocenters. The summed E-state index contributed by atoms with van der Waals surface area (Å²) in [4.78, 5) is 11.1. The van der Waals surface area contributed by atoms with Gasteiger partial charge < -0.3 is 20.3 Å². The molecule has 0 saturated heterocycles. The molecule has 0 aliphatic heterocycles. The van der Waals surface area contributed by atoms with E-state index < -0.39 is 5.97 Å². The predicted molar refractivity (Wildman–Crippen MR) is 75.1 cm³/mol. The summed E-state index contributed by atoms with van der Waals surface area (Å²) >= 11 is 0. The lowest BCUT2D eigenvalue weighted by Gasteiger charge is -2.12. The molecule has 2 rings (SSSR count). The molecular weight excluding hydrogens is 258 g/mol. The van der Waals surface area contributed by atoms with Gasteiger partial charge in [0.05, 0.1) is 7.11 Å². The first-order chi connectivity index (χ1) is 9.61. The molecule has 20 heavy (non-hydrogen) atoms. The zero-order valence-corrected chi connectivity index (χ0v) is 11.0. The maximum atomic E-state index is 11.1. The Bertz CT molecular complexity index is 625. The van der Waals surface area contributed by atoms with Crippen LogP contribution in [0.25, 0.3) is 0 Å². The van der Waals surface area contributed by atoms with E-state index in [9.17, 15) is 4.79 Å². The molecule has 0 bridgehead atoms. The normalized spacial score (nSPS) is 10.1. The summed E-state index contributed by atoms with van der Waals surface area (Å²) in [5, 5.41) is 9.11. The van der Waals surface area contributed by atoms with E-state index in [-0.39, 0.29) is 17.9 Å². The van der Waals surface area contributed by atoms with Gasteiger partial charge in [0.15, 0.2) is 0 Å². The van der Waals surface area contributed by atoms with Crippen LogP contribution in [0.5, 0.6) is 11.5 Å². The van der Waals surface area contributed by atoms with E-state index in [4.69, 9.17) is 20.3 Å². The number of rotatable bonds is 5. The summed E-state index contributed by atoms with van der Waals surface area (Å²) in [5.41, 5.74) is 7.01. The van der Waals surface area contributed by atoms with Crippen LogP contribution in [0.2, 0.25) is 0 Å². The van der Waals surface area contributed by atoms with Gasteiger partial charge in [0.25, 0.3) is 0 Å². The molecule has 0 radical (unpaired) electrons. The molecule has 0 aliphatic rings. The van der Waals surface area contributed by atoms with Crippen molar-refractivity contribution < 1.29 is 19.4 Å². The summed E-state index contributed by atoms with van der Waals surface area (Å²) in [6.07, 6.45) is 0. The number of carboxylic acid groups (broad SMARTS) is 1. The molecule has 2 aromatic rings. The highest BCUT2D eigenvalue weighted by atomic mass is 16.5. The minimum Gasteiger partial charge on any atom is -0.496 e. The van der Waals surface area contributed by atoms with E-state index >= 15 is 0 Å². The van der Waals surface area contributed by atoms with Gasteiger partial charge in [-0.15, -0.1) is 0 Å². The smallest absolute Gasteiger partial charge is 0.339 e. The van der Waals surface area contributed by atoms with Gasteiger partial charge >= 0.3 is 5.97 Å². The molecule has 5 nitrogen and oxygen atoms in total. The Morgan fingerprint density at radius 3 is 2.65 bits per heavy atom. The highest BCUT2D eigenvalue weighted by Crippen LogP contribution is 2.25. The van der Waals surface area contributed by atoms with Crippen molar-refractivity contribution in [3.8, 4) is 11.5 Å². The minimum atomic E-state index is -1.06. The molecule has 5 heteroatoms. The number of para-hydroxylation sites is 1. The molecule has 0 atom stereocenters. The number of ether oxygens (including phenoxy) is 2. The Morgan fingerprint density at radius 2 is 1.95 bits per heavy atom. The van der Waals surface area contributed by atoms with Crippen LogP contribution in [-0.2, 0) is 6.61 Å². The Hall–Kier alpha value is -2.69. The number of carbonyl (C=O) groups is 1. The Balaban J connectivity index is 2.22. The Morgan fingerprint density at radius 1 is 1.20 bits per heavy atom. The second kappa shape index (κ2) is 5.97. The molecule has 2 aromatic carbocycles. The first-order valence-electron chi connectivity index (χ1n) is 5.99. The predicted octanol–water partition coefficient (Wildman–Crippen LogP) is 2.55. The quantitative estimate of drug-likeness (QED) is 0.818. The van der Waals surface area contributed by atoms with Gasteiger partial charge in [-0.25, -0.2) is 4.79 Å². The second-order valence-corrected chi connectivity index (χ2v) is 4.16. The van der Waals surface area contributed by atoms with Crippen molar-refractivity contribution >= 4 is 11.7 Å². The van der Waals surface area contributed by atoms with Crippen LogP contribution in [0, 0.1) is 0 Å². The average Bonchev–Trinajstić information content (AvgIpc) is 2.45. The summed E-state index contributed by atoms with van der Waals surface area (Å²) < 4.78 is 10.8. The third-order valence-corrected chi connectivity index (χ3v) is 2.81. The lowest BCUT2D eigenvalue weighted by molar-refractivity contribution is 0.0692. The number of methoxy groups -OCH3 is 1. The number of hydrogen-bond acceptors (Lipinski definition) is 4. The van der Waals surface area contributed by atoms with Crippen molar-refractivity contribution in [1.29, 1.82) is 0 Å². The minimum absolute atomic E-state index is 0.0779. The van der Waals surface area contributed by atoms with E-state index in [0.717, 1.165) is 5.56 Å². The molecule has 0 heterocycles. The molecule has 0 saturated carbocycles. The Labute approximate surface area is 116 Å². The summed E-state index contributed by atoms with van der Waals surface area (Å²) in [6, 6.07) is 11.8. The van der Waals surface area contributed by atoms with E-state index in [2.05, 4.69) is 0 Å². The largest absolute Gasteiger partial charge is 0.496 e. The van der Waals surface area contributed by atoms with Crippen LogP contribution in [0.1, 0.15) is 15.9 Å². The number of benzene rings is 2. The number of carboxylic acids is 1. The van der Waals surface area contributed by atoms with Crippen molar-refractivity contribution in [2.45, 2.75) is 6.61 Å². The van der Waals surface area contributed by atoms with Gasteiger partial charge in [-0.1, -0.05) is 18.2 Å². The number of hydrogen-bond donors (Lipinski definition) is 2. The lowest BCUT2D eigenvalue weighted by Crippen LogP contribution is -2.05. The fraction of sp³-hybridized carbons (Fsp3) is 0.133. The molecular formula is C15H15NO4. The summed E-state index contributed by atoms with van der Waals surface area (Å²) in [6.45, 7) is 0.202. The molecule has 3 N–H and O–H groups in total. The average molecular weight is 273 g/mol. The van der Waals surface area contributed by atoms with E-state index in [0.29, 0.717) is 11.4 Å². The van der Waals surface area contributed by atoms with Gasteiger partial charge in [0.1, 0.15) is 23.7 Å². The van der Waals surface area contributed by atoms with Gasteiger partial charge in [0.2, 0.25) is 0 Å². The highest BCUT2D eigenvalue weighted by Gasteiger charge is 2.12. The van der Waals surface area contributed by atoms with Gasteiger partial charge in [0, 0.05) is 17.3 Å². The first kappa shape index (κ1) is 13.7. The molecule has 0 fully saturated rings. The fourth-order valence-corrected chi connectivity index (χ4v) is 1.81. The molecule has 0 spiro atoms. The Kier molecular flexibility index (Phi) is 4.10. The van der Waals surface area contributed by atoms with Gasteiger partial charge in [-0.2, -0.15) is 0 Å². The van der Waals surface area contributed by atoms with E-state index in [1.807, 2.05) is 24.3 Å². The third kappa shape index (κ3) is 3.00. The molecule has 0 aliphatic carbocycles. The van der Waals surface area contributed by atoms with Crippen molar-refractivity contribution in [1.82, 2.24) is 0 Å². The molecule has 0 aromatic heterocycles. The number of nitrogen functional groups attached to an aromatic ring is 1. The number of nitrogens with two attached hydrogens (primary N) is 1. The van der Waals surface area contributed by atoms with Crippen molar-refractivity contribution in [2.24, 2.45) is 0 Å².